The number of para-hydroxylation sites is 5. The molecule has 714 valence electrons. The summed E-state index contributed by atoms with van der Waals surface area (Å²) in [6.45, 7) is 66.0. The number of ether oxygens (including phenoxy) is 1. The maximum Gasteiger partial charge on any atom is 0.252 e. The summed E-state index contributed by atoms with van der Waals surface area (Å²) >= 11 is 0. The minimum atomic E-state index is -0.409. The van der Waals surface area contributed by atoms with Gasteiger partial charge in [-0.3, -0.25) is 0 Å². The molecule has 0 unspecified atom stereocenters. The lowest BCUT2D eigenvalue weighted by molar-refractivity contribution is 0.332. The third-order valence-electron chi connectivity index (χ3n) is 35.6. The Hall–Kier alpha value is -12.2. The molecular formula is C132H144B2N6O. The van der Waals surface area contributed by atoms with Crippen LogP contribution < -0.4 is 66.9 Å². The average molecular weight is 1850 g/mol. The number of benzene rings is 14. The average Bonchev–Trinajstić information content (AvgIpc) is 0.685. The fourth-order valence-corrected chi connectivity index (χ4v) is 26.4. The van der Waals surface area contributed by atoms with Crippen molar-refractivity contribution in [2.24, 2.45) is 0 Å². The van der Waals surface area contributed by atoms with E-state index < -0.39 is 5.41 Å². The van der Waals surface area contributed by atoms with E-state index >= 15 is 0 Å². The van der Waals surface area contributed by atoms with Crippen LogP contribution in [0.15, 0.2) is 273 Å². The van der Waals surface area contributed by atoms with Gasteiger partial charge < -0.3 is 34.1 Å². The molecule has 0 atom stereocenters. The van der Waals surface area contributed by atoms with Crippen molar-refractivity contribution in [2.75, 3.05) is 29.4 Å². The van der Waals surface area contributed by atoms with Crippen LogP contribution in [0.4, 0.5) is 102 Å². The van der Waals surface area contributed by atoms with Crippen molar-refractivity contribution in [3.05, 3.63) is 345 Å². The van der Waals surface area contributed by atoms with Gasteiger partial charge in [-0.2, -0.15) is 0 Å². The fraction of sp³-hybridized carbons (Fsp3) is 0.364. The maximum absolute atomic E-state index is 6.92. The first-order valence-electron chi connectivity index (χ1n) is 52.8. The van der Waals surface area contributed by atoms with E-state index in [0.29, 0.717) is 0 Å². The molecule has 0 amide bonds. The van der Waals surface area contributed by atoms with Gasteiger partial charge in [-0.1, -0.05) is 314 Å². The van der Waals surface area contributed by atoms with Crippen LogP contribution in [0.25, 0.3) is 0 Å². The first-order chi connectivity index (χ1) is 66.4. The quantitative estimate of drug-likeness (QED) is 0.119. The predicted octanol–water partition coefficient (Wildman–Crippen LogP) is 32.7. The van der Waals surface area contributed by atoms with Gasteiger partial charge >= 0.3 is 0 Å². The van der Waals surface area contributed by atoms with E-state index in [1.54, 1.807) is 0 Å². The van der Waals surface area contributed by atoms with E-state index in [9.17, 15) is 0 Å². The van der Waals surface area contributed by atoms with E-state index in [1.165, 1.54) is 162 Å². The highest BCUT2D eigenvalue weighted by Crippen LogP contribution is 2.61. The number of anilines is 18. The molecule has 7 nitrogen and oxygen atoms in total. The van der Waals surface area contributed by atoms with Crippen LogP contribution in [-0.2, 0) is 71.4 Å². The standard InChI is InChI=1S/C132H144B2N6O/c1-121(2,3)83-44-50-88(51-45-83)136-107-58-48-85(123(7,8)9)69-103(107)133-105-77-99-101(130(22,23)66-64-128(99,18)19)79-111(105)138(91-54-56-95-97(71-91)126(14,15)62-60-124(95,10)11)115-74-93(73-113(136)119(115)133)135(87-37-29-28-30-38-87)90-39-35-36-82(68-90)81-132(26,27)86-49-59-108-104(70-86)134-106-78-100-102(131(24,25)67-65-129(100,20)21)80-112(106)139(92-55-57-96-98(72-92)127(16,17)63-61-125(96,12)13)116-76-94(140-109-40-31-33-42-117(109)141-118-43-34-32-41-110(118)140)75-114(120(116)134)137(108)89-52-46-84(47-53-89)122(4,5)6/h28-59,68-80H,60-67,81H2,1-27H3. The van der Waals surface area contributed by atoms with E-state index in [0.717, 1.165) is 115 Å². The van der Waals surface area contributed by atoms with Crippen LogP contribution in [0.2, 0.25) is 0 Å². The van der Waals surface area contributed by atoms with E-state index in [4.69, 9.17) is 4.74 Å². The number of fused-ring (bicyclic) bond motifs is 14. The van der Waals surface area contributed by atoms with Crippen molar-refractivity contribution in [3.8, 4) is 11.5 Å². The van der Waals surface area contributed by atoms with Gasteiger partial charge in [0.15, 0.2) is 11.5 Å². The number of hydrogen-bond acceptors (Lipinski definition) is 7. The van der Waals surface area contributed by atoms with Crippen LogP contribution in [-0.4, -0.2) is 13.4 Å². The Bertz CT molecular complexity index is 7450. The Balaban J connectivity index is 0.737. The number of hydrogen-bond donors (Lipinski definition) is 0. The second-order valence-corrected chi connectivity index (χ2v) is 52.6. The molecule has 14 aromatic carbocycles. The molecule has 4 aliphatic carbocycles. The largest absolute Gasteiger partial charge is 0.453 e. The molecule has 0 radical (unpaired) electrons. The van der Waals surface area contributed by atoms with Crippen LogP contribution in [0.3, 0.4) is 0 Å². The van der Waals surface area contributed by atoms with Crippen molar-refractivity contribution >= 4 is 149 Å². The Kier molecular flexibility index (Phi) is 20.6. The SMILES string of the molecule is CC(C)(C)c1ccc(N2c3ccc(C(C)(C)C)cc3B3c4cc5c(cc4N(c4ccc6c(c4)C(C)(C)CCC6(C)C)c4cc(N(c6ccccc6)c6cccc(CC(C)(C)c7ccc8c(c7)B7c9cc%10c(cc9N(c9ccc%11c(c9)C(C)(C)CCC%11(C)C)c9cc(N%11c%12ccccc%12Oc%12ccccc%12%11)cc(c97)N8c7ccc(C(C)(C)C)cc7)C(C)(C)CCC%10(C)C)c6)cc2c43)C(C)(C)CCC5(C)C)cc1. The lowest BCUT2D eigenvalue weighted by Crippen LogP contribution is -2.62. The Morgan fingerprint density at radius 3 is 0.986 bits per heavy atom. The minimum absolute atomic E-state index is 0.0209. The normalized spacial score (nSPS) is 18.4. The molecule has 9 heteroatoms. The predicted molar refractivity (Wildman–Crippen MR) is 604 cm³/mol. The molecule has 14 aromatic rings. The van der Waals surface area contributed by atoms with Crippen LogP contribution in [0, 0.1) is 0 Å². The summed E-state index contributed by atoms with van der Waals surface area (Å²) in [5, 5.41) is 0. The van der Waals surface area contributed by atoms with E-state index in [1.807, 2.05) is 0 Å². The molecule has 0 saturated carbocycles. The molecule has 23 rings (SSSR count). The summed E-state index contributed by atoms with van der Waals surface area (Å²) < 4.78 is 6.92. The molecule has 0 fully saturated rings. The molecule has 0 bridgehead atoms. The lowest BCUT2D eigenvalue weighted by atomic mass is 9.33. The van der Waals surface area contributed by atoms with Crippen LogP contribution in [0.5, 0.6) is 11.5 Å². The summed E-state index contributed by atoms with van der Waals surface area (Å²) in [5.74, 6) is 1.66. The van der Waals surface area contributed by atoms with Gasteiger partial charge in [0.1, 0.15) is 0 Å². The molecule has 5 heterocycles. The summed E-state index contributed by atoms with van der Waals surface area (Å²) in [4.78, 5) is 15.9. The second kappa shape index (κ2) is 31.4. The summed E-state index contributed by atoms with van der Waals surface area (Å²) in [6, 6.07) is 109. The zero-order valence-corrected chi connectivity index (χ0v) is 89.1. The molecule has 0 aromatic heterocycles. The topological polar surface area (TPSA) is 28.7 Å². The zero-order chi connectivity index (χ0) is 99.0. The van der Waals surface area contributed by atoms with Crippen molar-refractivity contribution in [2.45, 2.75) is 310 Å². The minimum Gasteiger partial charge on any atom is -0.453 e. The van der Waals surface area contributed by atoms with Gasteiger partial charge in [0.25, 0.3) is 13.4 Å². The Morgan fingerprint density at radius 1 is 0.241 bits per heavy atom. The highest BCUT2D eigenvalue weighted by atomic mass is 16.5. The maximum atomic E-state index is 6.92. The fourth-order valence-electron chi connectivity index (χ4n) is 26.4. The second-order valence-electron chi connectivity index (χ2n) is 52.6. The van der Waals surface area contributed by atoms with Gasteiger partial charge in [-0.25, -0.2) is 0 Å². The monoisotopic (exact) mass is 1850 g/mol. The third kappa shape index (κ3) is 14.9. The number of nitrogens with zero attached hydrogens (tertiary/aromatic N) is 6. The van der Waals surface area contributed by atoms with Gasteiger partial charge in [-0.15, -0.1) is 0 Å². The van der Waals surface area contributed by atoms with Crippen molar-refractivity contribution in [1.29, 1.82) is 0 Å². The Labute approximate surface area is 843 Å². The molecule has 0 spiro atoms. The zero-order valence-electron chi connectivity index (χ0n) is 89.1. The summed E-state index contributed by atoms with van der Waals surface area (Å²) in [5.41, 5.74) is 46.1. The van der Waals surface area contributed by atoms with Gasteiger partial charge in [0.2, 0.25) is 0 Å². The van der Waals surface area contributed by atoms with E-state index in [2.05, 4.69) is 489 Å². The lowest BCUT2D eigenvalue weighted by Gasteiger charge is -2.48. The van der Waals surface area contributed by atoms with Crippen molar-refractivity contribution in [1.82, 2.24) is 0 Å². The molecule has 9 aliphatic rings. The summed E-state index contributed by atoms with van der Waals surface area (Å²) in [6.07, 6.45) is 9.75. The van der Waals surface area contributed by atoms with Gasteiger partial charge in [0.05, 0.1) is 22.7 Å². The summed E-state index contributed by atoms with van der Waals surface area (Å²) in [7, 11) is 0. The molecule has 0 N–H and O–H groups in total. The highest BCUT2D eigenvalue weighted by molar-refractivity contribution is 7.01. The first kappa shape index (κ1) is 92.5. The molecule has 5 aliphatic heterocycles. The number of rotatable bonds is 11. The van der Waals surface area contributed by atoms with Crippen LogP contribution >= 0.6 is 0 Å². The van der Waals surface area contributed by atoms with Gasteiger partial charge in [-0.05, 0) is 373 Å². The van der Waals surface area contributed by atoms with Gasteiger partial charge in [0, 0.05) is 79.6 Å². The molecule has 0 saturated heterocycles. The van der Waals surface area contributed by atoms with Crippen LogP contribution in [0.1, 0.15) is 311 Å². The van der Waals surface area contributed by atoms with E-state index in [-0.39, 0.29) is 73.0 Å². The third-order valence-corrected chi connectivity index (χ3v) is 35.6. The Morgan fingerprint density at radius 2 is 0.567 bits per heavy atom. The van der Waals surface area contributed by atoms with Crippen molar-refractivity contribution < 1.29 is 4.74 Å². The van der Waals surface area contributed by atoms with Crippen molar-refractivity contribution in [3.63, 3.8) is 0 Å². The molecular weight excluding hydrogens is 1710 g/mol. The highest BCUT2D eigenvalue weighted by Gasteiger charge is 2.53. The first-order valence-corrected chi connectivity index (χ1v) is 52.8. The smallest absolute Gasteiger partial charge is 0.252 e. The molecule has 141 heavy (non-hydrogen) atoms.